The number of hydrogen-bond acceptors (Lipinski definition) is 8. The van der Waals surface area contributed by atoms with Gasteiger partial charge < -0.3 is 24.4 Å². The number of anilines is 1. The number of morpholine rings is 1. The van der Waals surface area contributed by atoms with Gasteiger partial charge in [0.05, 0.1) is 27.4 Å². The molecule has 4 rings (SSSR count). The maximum Gasteiger partial charge on any atom is 0.251 e. The number of hydrogen-bond donors (Lipinski definition) is 1. The molecule has 0 atom stereocenters. The van der Waals surface area contributed by atoms with Gasteiger partial charge in [-0.1, -0.05) is 41.6 Å². The summed E-state index contributed by atoms with van der Waals surface area (Å²) in [6.07, 6.45) is 0.687. The summed E-state index contributed by atoms with van der Waals surface area (Å²) in [6, 6.07) is 15.1. The molecule has 8 nitrogen and oxygen atoms in total. The SMILES string of the molecule is COc1ccc(CCNC(=O)c2ccc(CSc3nc(Cl)cc(N4CCOCC4)n3)cc2)cc1OC. The van der Waals surface area contributed by atoms with E-state index in [0.717, 1.165) is 30.0 Å². The number of carbonyl (C=O) groups is 1. The zero-order chi connectivity index (χ0) is 25.3. The zero-order valence-corrected chi connectivity index (χ0v) is 21.9. The molecule has 1 aliphatic rings. The van der Waals surface area contributed by atoms with Crippen LogP contribution in [0, 0.1) is 0 Å². The number of methoxy groups -OCH3 is 2. The van der Waals surface area contributed by atoms with Gasteiger partial charge >= 0.3 is 0 Å². The smallest absolute Gasteiger partial charge is 0.251 e. The van der Waals surface area contributed by atoms with Crippen LogP contribution >= 0.6 is 23.4 Å². The second-order valence-corrected chi connectivity index (χ2v) is 9.44. The summed E-state index contributed by atoms with van der Waals surface area (Å²) in [5.41, 5.74) is 2.74. The molecule has 1 aliphatic heterocycles. The lowest BCUT2D eigenvalue weighted by molar-refractivity contribution is 0.0954. The lowest BCUT2D eigenvalue weighted by atomic mass is 10.1. The third-order valence-corrected chi connectivity index (χ3v) is 6.84. The maximum atomic E-state index is 12.6. The molecular weight excluding hydrogens is 500 g/mol. The van der Waals surface area contributed by atoms with E-state index in [0.29, 0.717) is 59.3 Å². The Morgan fingerprint density at radius 2 is 1.75 bits per heavy atom. The number of thioether (sulfide) groups is 1. The number of carbonyl (C=O) groups excluding carboxylic acids is 1. The summed E-state index contributed by atoms with van der Waals surface area (Å²) in [5, 5.41) is 4.02. The number of amides is 1. The Morgan fingerprint density at radius 3 is 2.47 bits per heavy atom. The molecular formula is C26H29ClN4O4S. The fourth-order valence-electron chi connectivity index (χ4n) is 3.76. The van der Waals surface area contributed by atoms with Gasteiger partial charge in [0.1, 0.15) is 11.0 Å². The average Bonchev–Trinajstić information content (AvgIpc) is 2.92. The van der Waals surface area contributed by atoms with E-state index < -0.39 is 0 Å². The molecule has 2 heterocycles. The van der Waals surface area contributed by atoms with Crippen LogP contribution in [0.5, 0.6) is 11.5 Å². The molecule has 1 aromatic heterocycles. The first kappa shape index (κ1) is 26.1. The van der Waals surface area contributed by atoms with E-state index in [-0.39, 0.29) is 5.91 Å². The summed E-state index contributed by atoms with van der Waals surface area (Å²) in [7, 11) is 3.21. The Labute approximate surface area is 220 Å². The fraction of sp³-hybridized carbons (Fsp3) is 0.346. The Hall–Kier alpha value is -3.01. The molecule has 1 saturated heterocycles. The summed E-state index contributed by atoms with van der Waals surface area (Å²) in [5.74, 6) is 2.74. The van der Waals surface area contributed by atoms with E-state index in [1.54, 1.807) is 20.3 Å². The Morgan fingerprint density at radius 1 is 1.03 bits per heavy atom. The van der Waals surface area contributed by atoms with E-state index in [4.69, 9.17) is 25.8 Å². The molecule has 0 aliphatic carbocycles. The second-order valence-electron chi connectivity index (χ2n) is 8.11. The van der Waals surface area contributed by atoms with Crippen molar-refractivity contribution in [3.05, 3.63) is 70.4 Å². The lowest BCUT2D eigenvalue weighted by Crippen LogP contribution is -2.36. The van der Waals surface area contributed by atoms with Gasteiger partial charge in [0.25, 0.3) is 5.91 Å². The van der Waals surface area contributed by atoms with Crippen molar-refractivity contribution in [2.45, 2.75) is 17.3 Å². The normalized spacial score (nSPS) is 13.4. The summed E-state index contributed by atoms with van der Waals surface area (Å²) >= 11 is 7.75. The van der Waals surface area contributed by atoms with Gasteiger partial charge in [-0.15, -0.1) is 0 Å². The third-order valence-electron chi connectivity index (χ3n) is 5.73. The molecule has 1 fully saturated rings. The molecule has 0 spiro atoms. The topological polar surface area (TPSA) is 85.8 Å². The van der Waals surface area contributed by atoms with Crippen molar-refractivity contribution in [2.24, 2.45) is 0 Å². The molecule has 0 radical (unpaired) electrons. The maximum absolute atomic E-state index is 12.6. The minimum atomic E-state index is -0.108. The summed E-state index contributed by atoms with van der Waals surface area (Å²) in [6.45, 7) is 3.45. The van der Waals surface area contributed by atoms with Gasteiger partial charge in [0, 0.05) is 37.0 Å². The lowest BCUT2D eigenvalue weighted by Gasteiger charge is -2.27. The van der Waals surface area contributed by atoms with Crippen LogP contribution in [0.25, 0.3) is 0 Å². The molecule has 190 valence electrons. The number of aromatic nitrogens is 2. The van der Waals surface area contributed by atoms with Crippen molar-refractivity contribution in [2.75, 3.05) is 52.0 Å². The minimum Gasteiger partial charge on any atom is -0.493 e. The number of halogens is 1. The standard InChI is InChI=1S/C26H29ClN4O4S/c1-33-21-8-5-18(15-22(21)34-2)9-10-28-25(32)20-6-3-19(4-7-20)17-36-26-29-23(27)16-24(30-26)31-11-13-35-14-12-31/h3-8,15-16H,9-14,17H2,1-2H3,(H,28,32). The predicted molar refractivity (Wildman–Crippen MR) is 142 cm³/mol. The minimum absolute atomic E-state index is 0.108. The van der Waals surface area contributed by atoms with E-state index in [1.165, 1.54) is 11.8 Å². The summed E-state index contributed by atoms with van der Waals surface area (Å²) < 4.78 is 16.0. The first-order chi connectivity index (χ1) is 17.6. The van der Waals surface area contributed by atoms with Crippen LogP contribution in [0.4, 0.5) is 5.82 Å². The highest BCUT2D eigenvalue weighted by molar-refractivity contribution is 7.98. The third kappa shape index (κ3) is 7.02. The molecule has 0 unspecified atom stereocenters. The molecule has 36 heavy (non-hydrogen) atoms. The highest BCUT2D eigenvalue weighted by Gasteiger charge is 2.15. The van der Waals surface area contributed by atoms with Crippen LogP contribution in [0.15, 0.2) is 53.7 Å². The molecule has 10 heteroatoms. The predicted octanol–water partition coefficient (Wildman–Crippen LogP) is 4.25. The number of nitrogens with zero attached hydrogens (tertiary/aromatic N) is 3. The highest BCUT2D eigenvalue weighted by Crippen LogP contribution is 2.28. The second kappa shape index (κ2) is 12.8. The van der Waals surface area contributed by atoms with Crippen LogP contribution in [0.3, 0.4) is 0 Å². The summed E-state index contributed by atoms with van der Waals surface area (Å²) in [4.78, 5) is 23.7. The Kier molecular flexibility index (Phi) is 9.27. The highest BCUT2D eigenvalue weighted by atomic mass is 35.5. The first-order valence-corrected chi connectivity index (χ1v) is 13.0. The number of ether oxygens (including phenoxy) is 3. The zero-order valence-electron chi connectivity index (χ0n) is 20.3. The number of rotatable bonds is 10. The van der Waals surface area contributed by atoms with Gasteiger partial charge in [0.15, 0.2) is 16.7 Å². The van der Waals surface area contributed by atoms with Gasteiger partial charge in [-0.2, -0.15) is 0 Å². The monoisotopic (exact) mass is 528 g/mol. The van der Waals surface area contributed by atoms with E-state index in [9.17, 15) is 4.79 Å². The van der Waals surface area contributed by atoms with Crippen molar-refractivity contribution in [1.29, 1.82) is 0 Å². The molecule has 3 aromatic rings. The number of nitrogens with one attached hydrogen (secondary N) is 1. The molecule has 1 N–H and O–H groups in total. The van der Waals surface area contributed by atoms with Gasteiger partial charge in [-0.05, 0) is 41.8 Å². The Bertz CT molecular complexity index is 1170. The largest absolute Gasteiger partial charge is 0.493 e. The molecule has 0 saturated carbocycles. The molecule has 0 bridgehead atoms. The quantitative estimate of drug-likeness (QED) is 0.237. The average molecular weight is 529 g/mol. The fourth-order valence-corrected chi connectivity index (χ4v) is 4.80. The van der Waals surface area contributed by atoms with E-state index in [1.807, 2.05) is 42.5 Å². The van der Waals surface area contributed by atoms with Crippen LogP contribution in [0.2, 0.25) is 5.15 Å². The van der Waals surface area contributed by atoms with Gasteiger partial charge in [-0.25, -0.2) is 9.97 Å². The van der Waals surface area contributed by atoms with Crippen LogP contribution in [-0.4, -0.2) is 62.9 Å². The van der Waals surface area contributed by atoms with Crippen molar-refractivity contribution in [3.63, 3.8) is 0 Å². The van der Waals surface area contributed by atoms with Crippen LogP contribution < -0.4 is 19.7 Å². The van der Waals surface area contributed by atoms with Crippen LogP contribution in [0.1, 0.15) is 21.5 Å². The van der Waals surface area contributed by atoms with E-state index in [2.05, 4.69) is 20.2 Å². The van der Waals surface area contributed by atoms with Crippen molar-refractivity contribution in [1.82, 2.24) is 15.3 Å². The number of benzene rings is 2. The molecule has 1 amide bonds. The Balaban J connectivity index is 1.27. The molecule has 2 aromatic carbocycles. The van der Waals surface area contributed by atoms with Crippen LogP contribution in [-0.2, 0) is 16.9 Å². The van der Waals surface area contributed by atoms with Gasteiger partial charge in [-0.3, -0.25) is 4.79 Å². The van der Waals surface area contributed by atoms with Crippen molar-refractivity contribution < 1.29 is 19.0 Å². The van der Waals surface area contributed by atoms with Crippen molar-refractivity contribution in [3.8, 4) is 11.5 Å². The first-order valence-electron chi connectivity index (χ1n) is 11.6. The van der Waals surface area contributed by atoms with Crippen molar-refractivity contribution >= 4 is 35.1 Å². The van der Waals surface area contributed by atoms with E-state index >= 15 is 0 Å². The van der Waals surface area contributed by atoms with Gasteiger partial charge in [0.2, 0.25) is 0 Å².